The highest BCUT2D eigenvalue weighted by molar-refractivity contribution is 7.56. The van der Waals surface area contributed by atoms with Crippen LogP contribution in [0.1, 0.15) is 0 Å². The largest absolute Gasteiger partial charge is 0.321 e. The second kappa shape index (κ2) is 3.94. The minimum absolute atomic E-state index is 1.30. The van der Waals surface area contributed by atoms with E-state index < -0.39 is 7.59 Å². The molecule has 0 rings (SSSR count). The van der Waals surface area contributed by atoms with Crippen LogP contribution in [0.4, 0.5) is 0 Å². The predicted molar refractivity (Wildman–Crippen MR) is 32.1 cm³/mol. The molecular weight excluding hydrogens is 145 g/mol. The van der Waals surface area contributed by atoms with Gasteiger partial charge >= 0.3 is 7.59 Å². The van der Waals surface area contributed by atoms with Crippen LogP contribution in [0.2, 0.25) is 0 Å². The fourth-order valence-electron chi connectivity index (χ4n) is 0.290. The van der Waals surface area contributed by atoms with E-state index >= 15 is 0 Å². The third kappa shape index (κ3) is 4.53. The molecule has 0 aliphatic heterocycles. The number of nitrogens with two attached hydrogens (primary N) is 1. The van der Waals surface area contributed by atoms with Gasteiger partial charge in [0.05, 0.1) is 14.2 Å². The quantitative estimate of drug-likeness (QED) is 0.369. The lowest BCUT2D eigenvalue weighted by Gasteiger charge is -2.10. The van der Waals surface area contributed by atoms with Gasteiger partial charge in [-0.1, -0.05) is 0 Å². The summed E-state index contributed by atoms with van der Waals surface area (Å²) in [5, 5.41) is 4.04. The van der Waals surface area contributed by atoms with Crippen molar-refractivity contribution in [3.63, 3.8) is 0 Å². The Labute approximate surface area is 53.1 Å². The molecule has 0 aromatic rings. The monoisotopic (exact) mass is 155 g/mol. The molecule has 4 N–H and O–H groups in total. The van der Waals surface area contributed by atoms with Crippen molar-refractivity contribution in [1.82, 2.24) is 10.5 Å². The highest BCUT2D eigenvalue weighted by Gasteiger charge is 2.12. The van der Waals surface area contributed by atoms with E-state index in [1.54, 1.807) is 0 Å². The van der Waals surface area contributed by atoms with Crippen LogP contribution in [0.15, 0.2) is 0 Å². The number of rotatable bonds is 4. The first-order chi connectivity index (χ1) is 4.12. The summed E-state index contributed by atoms with van der Waals surface area (Å²) in [6.07, 6.45) is 0. The average molecular weight is 155 g/mol. The molecule has 0 amide bonds. The normalized spacial score (nSPS) is 11.9. The van der Waals surface area contributed by atoms with Crippen LogP contribution >= 0.6 is 7.59 Å². The molecular formula is C2H10N3O3P. The zero-order valence-electron chi connectivity index (χ0n) is 5.25. The Morgan fingerprint density at radius 1 is 1.33 bits per heavy atom. The lowest BCUT2D eigenvalue weighted by molar-refractivity contribution is 0.115. The molecule has 0 atom stereocenters. The lowest BCUT2D eigenvalue weighted by atomic mass is 11.7. The number of hydrogen-bond acceptors (Lipinski definition) is 3. The van der Waals surface area contributed by atoms with Gasteiger partial charge in [0.15, 0.2) is 0 Å². The first kappa shape index (κ1) is 9.03. The van der Waals surface area contributed by atoms with Gasteiger partial charge in [-0.2, -0.15) is 0 Å². The van der Waals surface area contributed by atoms with Crippen LogP contribution in [0, 0.1) is 0 Å². The summed E-state index contributed by atoms with van der Waals surface area (Å²) in [5.41, 5.74) is 5.02. The fourth-order valence-corrected chi connectivity index (χ4v) is 0.870. The highest BCUT2D eigenvalue weighted by atomic mass is 31.2. The zero-order chi connectivity index (χ0) is 7.33. The van der Waals surface area contributed by atoms with E-state index in [0.717, 1.165) is 0 Å². The van der Waals surface area contributed by atoms with Crippen LogP contribution in [-0.2, 0) is 14.2 Å². The lowest BCUT2D eigenvalue weighted by Crippen LogP contribution is -2.26. The molecule has 56 valence electrons. The van der Waals surface area contributed by atoms with E-state index in [9.17, 15) is 4.57 Å². The Kier molecular flexibility index (Phi) is 3.96. The number of hydrogen-bond donors (Lipinski definition) is 3. The Morgan fingerprint density at radius 3 is 1.89 bits per heavy atom. The second-order valence-corrected chi connectivity index (χ2v) is 2.93. The third-order valence-corrected chi connectivity index (χ3v) is 1.36. The SMILES string of the molecule is CONP(N)(=O)NOC. The summed E-state index contributed by atoms with van der Waals surface area (Å²) in [5.74, 6) is 0. The first-order valence-electron chi connectivity index (χ1n) is 2.11. The minimum Gasteiger partial charge on any atom is -0.297 e. The summed E-state index contributed by atoms with van der Waals surface area (Å²) >= 11 is 0. The molecule has 0 radical (unpaired) electrons. The Hall–Kier alpha value is 0.0300. The smallest absolute Gasteiger partial charge is 0.297 e. The molecule has 0 bridgehead atoms. The van der Waals surface area contributed by atoms with Crippen LogP contribution in [0.5, 0.6) is 0 Å². The van der Waals surface area contributed by atoms with Crippen molar-refractivity contribution in [3.05, 3.63) is 0 Å². The van der Waals surface area contributed by atoms with E-state index in [1.165, 1.54) is 14.2 Å². The van der Waals surface area contributed by atoms with Crippen molar-refractivity contribution < 1.29 is 14.2 Å². The van der Waals surface area contributed by atoms with E-state index in [1.807, 2.05) is 10.5 Å². The highest BCUT2D eigenvalue weighted by Crippen LogP contribution is 2.22. The van der Waals surface area contributed by atoms with Gasteiger partial charge in [-0.25, -0.2) is 0 Å². The molecule has 0 aromatic heterocycles. The van der Waals surface area contributed by atoms with Gasteiger partial charge in [0.1, 0.15) is 0 Å². The molecule has 6 nitrogen and oxygen atoms in total. The standard InChI is InChI=1S/C2H10N3O3P/c1-7-4-9(3,6)5-8-2/h1-2H3,(H4,3,4,5,6). The van der Waals surface area contributed by atoms with Crippen molar-refractivity contribution in [3.8, 4) is 0 Å². The molecule has 0 saturated heterocycles. The molecule has 0 aliphatic carbocycles. The van der Waals surface area contributed by atoms with Crippen LogP contribution in [-0.4, -0.2) is 14.2 Å². The van der Waals surface area contributed by atoms with Crippen LogP contribution in [0.3, 0.4) is 0 Å². The molecule has 0 aliphatic rings. The summed E-state index contributed by atoms with van der Waals surface area (Å²) in [6, 6.07) is 0. The summed E-state index contributed by atoms with van der Waals surface area (Å²) in [7, 11) is -0.532. The van der Waals surface area contributed by atoms with E-state index in [2.05, 4.69) is 9.68 Å². The van der Waals surface area contributed by atoms with Crippen molar-refractivity contribution in [2.75, 3.05) is 14.2 Å². The fraction of sp³-hybridized carbons (Fsp3) is 1.00. The van der Waals surface area contributed by atoms with Crippen LogP contribution in [0.25, 0.3) is 0 Å². The maximum Gasteiger partial charge on any atom is 0.321 e. The number of nitrogens with one attached hydrogen (secondary N) is 2. The van der Waals surface area contributed by atoms with Gasteiger partial charge in [0.2, 0.25) is 0 Å². The Bertz CT molecular complexity index is 108. The van der Waals surface area contributed by atoms with Crippen LogP contribution < -0.4 is 16.0 Å². The molecule has 0 spiro atoms. The van der Waals surface area contributed by atoms with Gasteiger partial charge in [0, 0.05) is 0 Å². The van der Waals surface area contributed by atoms with Crippen molar-refractivity contribution in [2.45, 2.75) is 0 Å². The topological polar surface area (TPSA) is 85.6 Å². The van der Waals surface area contributed by atoms with Gasteiger partial charge < -0.3 is 0 Å². The van der Waals surface area contributed by atoms with Crippen molar-refractivity contribution in [2.24, 2.45) is 5.50 Å². The molecule has 9 heavy (non-hydrogen) atoms. The van der Waals surface area contributed by atoms with Crippen molar-refractivity contribution >= 4 is 7.59 Å². The Morgan fingerprint density at radius 2 is 1.67 bits per heavy atom. The maximum atomic E-state index is 10.7. The summed E-state index contributed by atoms with van der Waals surface area (Å²) in [4.78, 5) is 8.56. The average Bonchev–Trinajstić information content (AvgIpc) is 1.64. The van der Waals surface area contributed by atoms with Gasteiger partial charge in [0.25, 0.3) is 0 Å². The molecule has 0 unspecified atom stereocenters. The molecule has 0 fully saturated rings. The van der Waals surface area contributed by atoms with E-state index in [-0.39, 0.29) is 0 Å². The van der Waals surface area contributed by atoms with Crippen molar-refractivity contribution in [1.29, 1.82) is 0 Å². The molecule has 0 saturated carbocycles. The van der Waals surface area contributed by atoms with Gasteiger partial charge in [-0.15, -0.1) is 10.5 Å². The van der Waals surface area contributed by atoms with E-state index in [4.69, 9.17) is 5.50 Å². The molecule has 0 heterocycles. The Balaban J connectivity index is 3.58. The minimum atomic E-state index is -3.14. The van der Waals surface area contributed by atoms with Gasteiger partial charge in [-0.05, 0) is 0 Å². The predicted octanol–water partition coefficient (Wildman–Crippen LogP) is -0.645. The molecule has 0 aromatic carbocycles. The molecule has 7 heteroatoms. The first-order valence-corrected chi connectivity index (χ1v) is 3.89. The third-order valence-electron chi connectivity index (χ3n) is 0.454. The summed E-state index contributed by atoms with van der Waals surface area (Å²) < 4.78 is 10.7. The van der Waals surface area contributed by atoms with Gasteiger partial charge in [-0.3, -0.25) is 19.7 Å². The second-order valence-electron chi connectivity index (χ2n) is 1.25. The zero-order valence-corrected chi connectivity index (χ0v) is 6.14. The maximum absolute atomic E-state index is 10.7. The summed E-state index contributed by atoms with van der Waals surface area (Å²) in [6.45, 7) is 0. The van der Waals surface area contributed by atoms with E-state index in [0.29, 0.717) is 0 Å².